The third-order valence-electron chi connectivity index (χ3n) is 6.02. The van der Waals surface area contributed by atoms with Gasteiger partial charge in [0.1, 0.15) is 0 Å². The first-order chi connectivity index (χ1) is 14.2. The molecule has 6 nitrogen and oxygen atoms in total. The Balaban J connectivity index is 1.37. The molecule has 2 saturated heterocycles. The Labute approximate surface area is 186 Å². The molecular formula is C22H28IN5O. The van der Waals surface area contributed by atoms with Crippen molar-refractivity contribution in [1.29, 1.82) is 0 Å². The number of rotatable bonds is 4. The second-order valence-electron chi connectivity index (χ2n) is 7.76. The minimum absolute atomic E-state index is 0.117. The fourth-order valence-corrected chi connectivity index (χ4v) is 4.93. The molecule has 2 fully saturated rings. The lowest BCUT2D eigenvalue weighted by atomic mass is 10.0. The predicted octanol–water partition coefficient (Wildman–Crippen LogP) is 3.81. The zero-order valence-corrected chi connectivity index (χ0v) is 19.1. The molecule has 0 radical (unpaired) electrons. The SMILES string of the molecule is CCC1CCCCN1c1ccc(N2CCN(C(=O)c3ccccc3I)CC2)nn1. The van der Waals surface area contributed by atoms with E-state index in [4.69, 9.17) is 0 Å². The van der Waals surface area contributed by atoms with Crippen molar-refractivity contribution in [3.8, 4) is 0 Å². The van der Waals surface area contributed by atoms with Crippen LogP contribution in [0, 0.1) is 3.57 Å². The van der Waals surface area contributed by atoms with Crippen molar-refractivity contribution in [2.24, 2.45) is 0 Å². The number of carbonyl (C=O) groups is 1. The minimum Gasteiger partial charge on any atom is -0.352 e. The van der Waals surface area contributed by atoms with Gasteiger partial charge in [-0.15, -0.1) is 10.2 Å². The average Bonchev–Trinajstić information content (AvgIpc) is 2.79. The smallest absolute Gasteiger partial charge is 0.255 e. The van der Waals surface area contributed by atoms with Crippen molar-refractivity contribution in [3.05, 3.63) is 45.5 Å². The van der Waals surface area contributed by atoms with E-state index < -0.39 is 0 Å². The third kappa shape index (κ3) is 4.49. The van der Waals surface area contributed by atoms with Gasteiger partial charge in [0.15, 0.2) is 11.6 Å². The van der Waals surface area contributed by atoms with Crippen molar-refractivity contribution in [3.63, 3.8) is 0 Å². The van der Waals surface area contributed by atoms with Crippen LogP contribution >= 0.6 is 22.6 Å². The van der Waals surface area contributed by atoms with E-state index in [1.807, 2.05) is 29.2 Å². The Morgan fingerprint density at radius 1 is 1.00 bits per heavy atom. The lowest BCUT2D eigenvalue weighted by Gasteiger charge is -2.37. The fourth-order valence-electron chi connectivity index (χ4n) is 4.31. The standard InChI is InChI=1S/C22H28IN5O/c1-2-17-7-5-6-12-28(17)21-11-10-20(24-25-21)26-13-15-27(16-14-26)22(29)18-8-3-4-9-19(18)23/h3-4,8-11,17H,2,5-7,12-16H2,1H3. The predicted molar refractivity (Wildman–Crippen MR) is 125 cm³/mol. The Bertz CT molecular complexity index is 835. The summed E-state index contributed by atoms with van der Waals surface area (Å²) < 4.78 is 1.00. The maximum absolute atomic E-state index is 12.8. The summed E-state index contributed by atoms with van der Waals surface area (Å²) in [5, 5.41) is 9.06. The van der Waals surface area contributed by atoms with Gasteiger partial charge in [0.05, 0.1) is 5.56 Å². The molecule has 0 spiro atoms. The van der Waals surface area contributed by atoms with Crippen molar-refractivity contribution >= 4 is 40.1 Å². The average molecular weight is 505 g/mol. The molecule has 3 heterocycles. The summed E-state index contributed by atoms with van der Waals surface area (Å²) in [6.45, 7) is 6.30. The van der Waals surface area contributed by atoms with Crippen molar-refractivity contribution in [2.45, 2.75) is 38.6 Å². The lowest BCUT2D eigenvalue weighted by Crippen LogP contribution is -2.49. The van der Waals surface area contributed by atoms with E-state index in [0.29, 0.717) is 19.1 Å². The normalized spacial score (nSPS) is 20.1. The Hall–Kier alpha value is -1.90. The highest BCUT2D eigenvalue weighted by atomic mass is 127. The summed E-state index contributed by atoms with van der Waals surface area (Å²) in [4.78, 5) is 19.4. The van der Waals surface area contributed by atoms with Gasteiger partial charge in [0.2, 0.25) is 0 Å². The molecule has 0 aliphatic carbocycles. The van der Waals surface area contributed by atoms with Crippen LogP contribution in [0.1, 0.15) is 43.0 Å². The molecule has 2 aliphatic heterocycles. The zero-order valence-electron chi connectivity index (χ0n) is 16.9. The summed E-state index contributed by atoms with van der Waals surface area (Å²) in [7, 11) is 0. The van der Waals surface area contributed by atoms with E-state index in [0.717, 1.165) is 46.8 Å². The highest BCUT2D eigenvalue weighted by molar-refractivity contribution is 14.1. The summed E-state index contributed by atoms with van der Waals surface area (Å²) >= 11 is 2.23. The molecule has 154 valence electrons. The van der Waals surface area contributed by atoms with Crippen LogP contribution in [0.15, 0.2) is 36.4 Å². The molecule has 1 atom stereocenters. The lowest BCUT2D eigenvalue weighted by molar-refractivity contribution is 0.0745. The number of hydrogen-bond acceptors (Lipinski definition) is 5. The molecule has 1 unspecified atom stereocenters. The quantitative estimate of drug-likeness (QED) is 0.592. The summed E-state index contributed by atoms with van der Waals surface area (Å²) in [5.41, 5.74) is 0.790. The Kier molecular flexibility index (Phi) is 6.52. The number of anilines is 2. The molecule has 7 heteroatoms. The van der Waals surface area contributed by atoms with Gasteiger partial charge in [0.25, 0.3) is 5.91 Å². The van der Waals surface area contributed by atoms with E-state index in [1.165, 1.54) is 19.3 Å². The van der Waals surface area contributed by atoms with Gasteiger partial charge in [-0.3, -0.25) is 4.79 Å². The van der Waals surface area contributed by atoms with Crippen molar-refractivity contribution < 1.29 is 4.79 Å². The number of piperazine rings is 1. The highest BCUT2D eigenvalue weighted by Gasteiger charge is 2.25. The van der Waals surface area contributed by atoms with Gasteiger partial charge in [-0.1, -0.05) is 19.1 Å². The topological polar surface area (TPSA) is 52.6 Å². The molecule has 0 N–H and O–H groups in total. The molecule has 0 saturated carbocycles. The minimum atomic E-state index is 0.117. The van der Waals surface area contributed by atoms with Crippen molar-refractivity contribution in [2.75, 3.05) is 42.5 Å². The zero-order chi connectivity index (χ0) is 20.2. The number of amides is 1. The van der Waals surface area contributed by atoms with E-state index in [2.05, 4.69) is 61.6 Å². The van der Waals surface area contributed by atoms with Crippen LogP contribution in [0.4, 0.5) is 11.6 Å². The molecule has 1 aromatic carbocycles. The number of aromatic nitrogens is 2. The third-order valence-corrected chi connectivity index (χ3v) is 6.96. The number of hydrogen-bond donors (Lipinski definition) is 0. The van der Waals surface area contributed by atoms with Crippen LogP contribution in [-0.2, 0) is 0 Å². The van der Waals surface area contributed by atoms with Crippen LogP contribution < -0.4 is 9.80 Å². The van der Waals surface area contributed by atoms with Crippen LogP contribution in [0.3, 0.4) is 0 Å². The molecule has 0 bridgehead atoms. The second-order valence-corrected chi connectivity index (χ2v) is 8.92. The maximum Gasteiger partial charge on any atom is 0.255 e. The van der Waals surface area contributed by atoms with Gasteiger partial charge < -0.3 is 14.7 Å². The van der Waals surface area contributed by atoms with Crippen LogP contribution in [0.25, 0.3) is 0 Å². The summed E-state index contributed by atoms with van der Waals surface area (Å²) in [5.74, 6) is 2.01. The van der Waals surface area contributed by atoms with Gasteiger partial charge in [0, 0.05) is 42.3 Å². The van der Waals surface area contributed by atoms with E-state index in [1.54, 1.807) is 0 Å². The molecule has 4 rings (SSSR count). The van der Waals surface area contributed by atoms with Crippen LogP contribution in [0.5, 0.6) is 0 Å². The maximum atomic E-state index is 12.8. The monoisotopic (exact) mass is 505 g/mol. The second kappa shape index (κ2) is 9.28. The van der Waals surface area contributed by atoms with Crippen molar-refractivity contribution in [1.82, 2.24) is 15.1 Å². The number of carbonyl (C=O) groups excluding carboxylic acids is 1. The van der Waals surface area contributed by atoms with E-state index in [-0.39, 0.29) is 5.91 Å². The molecular weight excluding hydrogens is 477 g/mol. The molecule has 1 amide bonds. The summed E-state index contributed by atoms with van der Waals surface area (Å²) in [6.07, 6.45) is 4.94. The van der Waals surface area contributed by atoms with Crippen LogP contribution in [0.2, 0.25) is 0 Å². The van der Waals surface area contributed by atoms with Gasteiger partial charge in [-0.2, -0.15) is 0 Å². The molecule has 2 aromatic rings. The first kappa shape index (κ1) is 20.4. The number of benzene rings is 1. The molecule has 1 aromatic heterocycles. The van der Waals surface area contributed by atoms with E-state index in [9.17, 15) is 4.79 Å². The van der Waals surface area contributed by atoms with Gasteiger partial charge in [-0.05, 0) is 72.5 Å². The highest BCUT2D eigenvalue weighted by Crippen LogP contribution is 2.26. The Morgan fingerprint density at radius 3 is 2.41 bits per heavy atom. The fraction of sp³-hybridized carbons (Fsp3) is 0.500. The molecule has 29 heavy (non-hydrogen) atoms. The van der Waals surface area contributed by atoms with Gasteiger partial charge >= 0.3 is 0 Å². The summed E-state index contributed by atoms with van der Waals surface area (Å²) in [6, 6.07) is 12.6. The largest absolute Gasteiger partial charge is 0.352 e. The van der Waals surface area contributed by atoms with Gasteiger partial charge in [-0.25, -0.2) is 0 Å². The number of halogens is 1. The molecule has 2 aliphatic rings. The number of piperidine rings is 1. The Morgan fingerprint density at radius 2 is 1.72 bits per heavy atom. The number of nitrogens with zero attached hydrogens (tertiary/aromatic N) is 5. The first-order valence-electron chi connectivity index (χ1n) is 10.6. The van der Waals surface area contributed by atoms with E-state index >= 15 is 0 Å². The van der Waals surface area contributed by atoms with Crippen LogP contribution in [-0.4, -0.2) is 59.8 Å². The first-order valence-corrected chi connectivity index (χ1v) is 11.6.